The summed E-state index contributed by atoms with van der Waals surface area (Å²) in [5.74, 6) is 1.73. The molecule has 2 heterocycles. The first kappa shape index (κ1) is 13.3. The third kappa shape index (κ3) is 2.35. The van der Waals surface area contributed by atoms with Crippen LogP contribution in [0.15, 0.2) is 6.07 Å². The standard InChI is InChI=1S/C12H14Cl2N4/c1-4-10-9(6-13)12(14)18(17-10)11-5-7(2)15-8(3)16-11/h5H,4,6H2,1-3H3. The predicted molar refractivity (Wildman–Crippen MR) is 72.6 cm³/mol. The summed E-state index contributed by atoms with van der Waals surface area (Å²) in [6, 6.07) is 1.85. The number of hydrogen-bond acceptors (Lipinski definition) is 3. The largest absolute Gasteiger partial charge is 0.238 e. The zero-order valence-corrected chi connectivity index (χ0v) is 12.0. The van der Waals surface area contributed by atoms with E-state index in [1.54, 1.807) is 4.68 Å². The molecule has 0 aliphatic heterocycles. The van der Waals surface area contributed by atoms with Gasteiger partial charge in [0.15, 0.2) is 5.82 Å². The molecule has 0 bridgehead atoms. The predicted octanol–water partition coefficient (Wildman–Crippen LogP) is 3.23. The number of aromatic nitrogens is 4. The smallest absolute Gasteiger partial charge is 0.159 e. The molecule has 0 radical (unpaired) electrons. The minimum absolute atomic E-state index is 0.352. The van der Waals surface area contributed by atoms with E-state index in [1.807, 2.05) is 26.8 Å². The molecule has 0 saturated heterocycles. The van der Waals surface area contributed by atoms with Crippen LogP contribution in [-0.2, 0) is 12.3 Å². The number of nitrogens with zero attached hydrogens (tertiary/aromatic N) is 4. The van der Waals surface area contributed by atoms with Crippen LogP contribution in [0.5, 0.6) is 0 Å². The molecule has 6 heteroatoms. The average Bonchev–Trinajstić information content (AvgIpc) is 2.64. The van der Waals surface area contributed by atoms with Crippen LogP contribution >= 0.6 is 23.2 Å². The first-order valence-corrected chi connectivity index (χ1v) is 6.63. The fourth-order valence-corrected chi connectivity index (χ4v) is 2.50. The van der Waals surface area contributed by atoms with Gasteiger partial charge in [-0.2, -0.15) is 5.10 Å². The molecule has 0 N–H and O–H groups in total. The lowest BCUT2D eigenvalue weighted by atomic mass is 10.2. The quantitative estimate of drug-likeness (QED) is 0.813. The van der Waals surface area contributed by atoms with Crippen molar-refractivity contribution in [1.82, 2.24) is 19.7 Å². The van der Waals surface area contributed by atoms with E-state index in [0.717, 1.165) is 23.4 Å². The van der Waals surface area contributed by atoms with Crippen molar-refractivity contribution >= 4 is 23.2 Å². The third-order valence-corrected chi connectivity index (χ3v) is 3.30. The molecule has 0 unspecified atom stereocenters. The maximum atomic E-state index is 6.30. The Labute approximate surface area is 116 Å². The van der Waals surface area contributed by atoms with Gasteiger partial charge in [0.25, 0.3) is 0 Å². The van der Waals surface area contributed by atoms with E-state index in [1.165, 1.54) is 0 Å². The number of rotatable bonds is 3. The molecule has 0 atom stereocenters. The van der Waals surface area contributed by atoms with E-state index in [-0.39, 0.29) is 0 Å². The zero-order valence-electron chi connectivity index (χ0n) is 10.5. The van der Waals surface area contributed by atoms with Crippen LogP contribution in [0.1, 0.15) is 29.7 Å². The lowest BCUT2D eigenvalue weighted by molar-refractivity contribution is 0.799. The summed E-state index contributed by atoms with van der Waals surface area (Å²) in [5.41, 5.74) is 2.66. The normalized spacial score (nSPS) is 10.9. The second kappa shape index (κ2) is 5.24. The molecule has 2 aromatic heterocycles. The molecule has 0 amide bonds. The fraction of sp³-hybridized carbons (Fsp3) is 0.417. The molecule has 18 heavy (non-hydrogen) atoms. The van der Waals surface area contributed by atoms with Crippen molar-refractivity contribution in [2.24, 2.45) is 0 Å². The number of alkyl halides is 1. The van der Waals surface area contributed by atoms with Crippen molar-refractivity contribution in [2.45, 2.75) is 33.1 Å². The van der Waals surface area contributed by atoms with E-state index in [2.05, 4.69) is 15.1 Å². The Balaban J connectivity index is 2.60. The van der Waals surface area contributed by atoms with Crippen LogP contribution in [0.2, 0.25) is 5.15 Å². The van der Waals surface area contributed by atoms with Crippen LogP contribution in [0.3, 0.4) is 0 Å². The highest BCUT2D eigenvalue weighted by atomic mass is 35.5. The molecule has 0 fully saturated rings. The monoisotopic (exact) mass is 284 g/mol. The first-order valence-electron chi connectivity index (χ1n) is 5.71. The molecule has 96 valence electrons. The van der Waals surface area contributed by atoms with Crippen LogP contribution in [-0.4, -0.2) is 19.7 Å². The molecule has 0 aliphatic carbocycles. The van der Waals surface area contributed by atoms with Crippen molar-refractivity contribution in [2.75, 3.05) is 0 Å². The molecular weight excluding hydrogens is 271 g/mol. The summed E-state index contributed by atoms with van der Waals surface area (Å²) in [4.78, 5) is 8.59. The number of hydrogen-bond donors (Lipinski definition) is 0. The SMILES string of the molecule is CCc1nn(-c2cc(C)nc(C)n2)c(Cl)c1CCl. The van der Waals surface area contributed by atoms with E-state index in [0.29, 0.717) is 22.7 Å². The summed E-state index contributed by atoms with van der Waals surface area (Å²) in [7, 11) is 0. The Morgan fingerprint density at radius 2 is 2.00 bits per heavy atom. The molecule has 2 aromatic rings. The topological polar surface area (TPSA) is 43.6 Å². The van der Waals surface area contributed by atoms with Gasteiger partial charge >= 0.3 is 0 Å². The van der Waals surface area contributed by atoms with Gasteiger partial charge < -0.3 is 0 Å². The Bertz CT molecular complexity index is 557. The molecule has 0 saturated carbocycles. The summed E-state index contributed by atoms with van der Waals surface area (Å²) >= 11 is 12.2. The van der Waals surface area contributed by atoms with E-state index < -0.39 is 0 Å². The summed E-state index contributed by atoms with van der Waals surface area (Å²) < 4.78 is 1.62. The van der Waals surface area contributed by atoms with Gasteiger partial charge in [0.2, 0.25) is 0 Å². The Morgan fingerprint density at radius 3 is 2.50 bits per heavy atom. The number of halogens is 2. The maximum Gasteiger partial charge on any atom is 0.159 e. The minimum atomic E-state index is 0.352. The summed E-state index contributed by atoms with van der Waals surface area (Å²) in [5, 5.41) is 4.99. The third-order valence-electron chi connectivity index (χ3n) is 2.64. The van der Waals surface area contributed by atoms with Crippen molar-refractivity contribution in [1.29, 1.82) is 0 Å². The van der Waals surface area contributed by atoms with Crippen LogP contribution in [0, 0.1) is 13.8 Å². The van der Waals surface area contributed by atoms with Crippen molar-refractivity contribution in [3.05, 3.63) is 34.0 Å². The van der Waals surface area contributed by atoms with Crippen LogP contribution < -0.4 is 0 Å². The Morgan fingerprint density at radius 1 is 1.28 bits per heavy atom. The van der Waals surface area contributed by atoms with E-state index >= 15 is 0 Å². The van der Waals surface area contributed by atoms with Gasteiger partial charge in [-0.3, -0.25) is 0 Å². The molecule has 0 aliphatic rings. The average molecular weight is 285 g/mol. The molecule has 4 nitrogen and oxygen atoms in total. The van der Waals surface area contributed by atoms with E-state index in [4.69, 9.17) is 23.2 Å². The van der Waals surface area contributed by atoms with Crippen molar-refractivity contribution in [3.8, 4) is 5.82 Å². The fourth-order valence-electron chi connectivity index (χ4n) is 1.85. The van der Waals surface area contributed by atoms with Gasteiger partial charge in [0.05, 0.1) is 11.6 Å². The van der Waals surface area contributed by atoms with Crippen LogP contribution in [0.25, 0.3) is 5.82 Å². The van der Waals surface area contributed by atoms with Gasteiger partial charge in [-0.15, -0.1) is 11.6 Å². The molecule has 0 spiro atoms. The number of aryl methyl sites for hydroxylation is 3. The van der Waals surface area contributed by atoms with Crippen molar-refractivity contribution in [3.63, 3.8) is 0 Å². The lowest BCUT2D eigenvalue weighted by Crippen LogP contribution is -2.04. The minimum Gasteiger partial charge on any atom is -0.238 e. The molecular formula is C12H14Cl2N4. The second-order valence-electron chi connectivity index (χ2n) is 4.03. The van der Waals surface area contributed by atoms with Gasteiger partial charge in [-0.25, -0.2) is 14.6 Å². The van der Waals surface area contributed by atoms with Gasteiger partial charge in [-0.05, 0) is 20.3 Å². The maximum absolute atomic E-state index is 6.30. The summed E-state index contributed by atoms with van der Waals surface area (Å²) in [6.07, 6.45) is 0.790. The second-order valence-corrected chi connectivity index (χ2v) is 4.66. The van der Waals surface area contributed by atoms with E-state index in [9.17, 15) is 0 Å². The zero-order chi connectivity index (χ0) is 13.3. The highest BCUT2D eigenvalue weighted by molar-refractivity contribution is 6.31. The molecule has 0 aromatic carbocycles. The lowest BCUT2D eigenvalue weighted by Gasteiger charge is -2.04. The Kier molecular flexibility index (Phi) is 3.88. The summed E-state index contributed by atoms with van der Waals surface area (Å²) in [6.45, 7) is 5.78. The highest BCUT2D eigenvalue weighted by Gasteiger charge is 2.16. The van der Waals surface area contributed by atoms with Gasteiger partial charge in [0, 0.05) is 17.3 Å². The first-order chi connectivity index (χ1) is 8.56. The molecule has 2 rings (SSSR count). The van der Waals surface area contributed by atoms with Crippen molar-refractivity contribution < 1.29 is 0 Å². The van der Waals surface area contributed by atoms with Gasteiger partial charge in [0.1, 0.15) is 11.0 Å². The highest BCUT2D eigenvalue weighted by Crippen LogP contribution is 2.25. The van der Waals surface area contributed by atoms with Crippen LogP contribution in [0.4, 0.5) is 0 Å². The van der Waals surface area contributed by atoms with Gasteiger partial charge in [-0.1, -0.05) is 18.5 Å². The Hall–Kier alpha value is -1.13.